The molecule has 106 valence electrons. The van der Waals surface area contributed by atoms with Crippen molar-refractivity contribution in [3.63, 3.8) is 0 Å². The molecule has 1 aromatic heterocycles. The maximum absolute atomic E-state index is 10.5. The Balaban J connectivity index is 2.06. The number of rotatable bonds is 5. The molecule has 0 saturated carbocycles. The summed E-state index contributed by atoms with van der Waals surface area (Å²) in [6, 6.07) is 9.18. The van der Waals surface area contributed by atoms with Gasteiger partial charge in [-0.05, 0) is 17.7 Å². The van der Waals surface area contributed by atoms with Crippen LogP contribution in [0.2, 0.25) is 0 Å². The summed E-state index contributed by atoms with van der Waals surface area (Å²) in [4.78, 5) is 23.4. The Kier molecular flexibility index (Phi) is 4.20. The van der Waals surface area contributed by atoms with Crippen LogP contribution in [0.15, 0.2) is 48.8 Å². The van der Waals surface area contributed by atoms with Gasteiger partial charge in [-0.15, -0.1) is 0 Å². The monoisotopic (exact) mass is 287 g/mol. The van der Waals surface area contributed by atoms with Crippen LogP contribution in [0, 0.1) is 20.2 Å². The van der Waals surface area contributed by atoms with Gasteiger partial charge in [0.1, 0.15) is 11.9 Å². The van der Waals surface area contributed by atoms with E-state index in [2.05, 4.69) is 4.98 Å². The first-order chi connectivity index (χ1) is 10.0. The highest BCUT2D eigenvalue weighted by molar-refractivity contribution is 5.49. The number of nitro groups is 2. The van der Waals surface area contributed by atoms with Crippen LogP contribution in [0.4, 0.5) is 5.69 Å². The summed E-state index contributed by atoms with van der Waals surface area (Å²) in [7, 11) is 0. The molecule has 0 fully saturated rings. The van der Waals surface area contributed by atoms with E-state index in [0.717, 1.165) is 12.4 Å². The van der Waals surface area contributed by atoms with Crippen LogP contribution in [-0.2, 0) is 0 Å². The zero-order valence-corrected chi connectivity index (χ0v) is 10.6. The first-order valence-corrected chi connectivity index (χ1v) is 5.74. The highest BCUT2D eigenvalue weighted by Gasteiger charge is 2.06. The first kappa shape index (κ1) is 14.1. The van der Waals surface area contributed by atoms with Gasteiger partial charge in [0.15, 0.2) is 0 Å². The molecule has 1 heterocycles. The van der Waals surface area contributed by atoms with E-state index >= 15 is 0 Å². The fourth-order valence-electron chi connectivity index (χ4n) is 1.46. The third-order valence-electron chi connectivity index (χ3n) is 2.42. The van der Waals surface area contributed by atoms with Crippen molar-refractivity contribution in [1.29, 1.82) is 0 Å². The number of benzene rings is 1. The molecule has 0 saturated heterocycles. The van der Waals surface area contributed by atoms with E-state index < -0.39 is 9.85 Å². The summed E-state index contributed by atoms with van der Waals surface area (Å²) in [5.74, 6) is 0.684. The van der Waals surface area contributed by atoms with Gasteiger partial charge in [0, 0.05) is 18.2 Å². The van der Waals surface area contributed by atoms with Gasteiger partial charge in [0.2, 0.25) is 12.1 Å². The van der Waals surface area contributed by atoms with Gasteiger partial charge in [-0.2, -0.15) is 0 Å². The van der Waals surface area contributed by atoms with Crippen molar-refractivity contribution < 1.29 is 14.6 Å². The SMILES string of the molecule is O=[N+]([O-])/C=C/c1ccc(Oc2ccc([N+](=O)[O-])cn2)cc1. The van der Waals surface area contributed by atoms with Gasteiger partial charge in [-0.25, -0.2) is 4.98 Å². The molecule has 2 aromatic rings. The molecule has 21 heavy (non-hydrogen) atoms. The van der Waals surface area contributed by atoms with Crippen molar-refractivity contribution >= 4 is 11.8 Å². The van der Waals surface area contributed by atoms with Crippen molar-refractivity contribution in [3.8, 4) is 11.6 Å². The minimum absolute atomic E-state index is 0.123. The summed E-state index contributed by atoms with van der Waals surface area (Å²) in [5, 5.41) is 20.7. The molecule has 0 amide bonds. The normalized spacial score (nSPS) is 10.5. The van der Waals surface area contributed by atoms with E-state index in [0.29, 0.717) is 11.3 Å². The molecule has 0 N–H and O–H groups in total. The lowest BCUT2D eigenvalue weighted by molar-refractivity contribution is -0.400. The topological polar surface area (TPSA) is 108 Å². The molecular formula is C13H9N3O5. The Morgan fingerprint density at radius 3 is 2.29 bits per heavy atom. The number of pyridine rings is 1. The van der Waals surface area contributed by atoms with Crippen LogP contribution >= 0.6 is 0 Å². The molecule has 0 atom stereocenters. The van der Waals surface area contributed by atoms with Gasteiger partial charge < -0.3 is 4.74 Å². The van der Waals surface area contributed by atoms with E-state index in [9.17, 15) is 20.2 Å². The van der Waals surface area contributed by atoms with Crippen LogP contribution in [0.1, 0.15) is 5.56 Å². The molecule has 1 aromatic carbocycles. The fraction of sp³-hybridized carbons (Fsp3) is 0. The average Bonchev–Trinajstić information content (AvgIpc) is 2.47. The molecule has 0 radical (unpaired) electrons. The quantitative estimate of drug-likeness (QED) is 0.617. The number of aromatic nitrogens is 1. The van der Waals surface area contributed by atoms with Crippen LogP contribution < -0.4 is 4.74 Å². The van der Waals surface area contributed by atoms with Crippen molar-refractivity contribution in [1.82, 2.24) is 4.98 Å². The first-order valence-electron chi connectivity index (χ1n) is 5.74. The summed E-state index contributed by atoms with van der Waals surface area (Å²) in [6.45, 7) is 0. The van der Waals surface area contributed by atoms with Gasteiger partial charge in [0.25, 0.3) is 5.69 Å². The largest absolute Gasteiger partial charge is 0.439 e. The molecular weight excluding hydrogens is 278 g/mol. The van der Waals surface area contributed by atoms with E-state index in [1.165, 1.54) is 18.2 Å². The minimum Gasteiger partial charge on any atom is -0.439 e. The number of nitrogens with zero attached hydrogens (tertiary/aromatic N) is 3. The molecule has 0 aliphatic heterocycles. The Bertz CT molecular complexity index is 680. The molecule has 8 heteroatoms. The second kappa shape index (κ2) is 6.24. The molecule has 8 nitrogen and oxygen atoms in total. The number of hydrogen-bond acceptors (Lipinski definition) is 6. The Hall–Kier alpha value is -3.29. The second-order valence-corrected chi connectivity index (χ2v) is 3.88. The maximum Gasteiger partial charge on any atom is 0.287 e. The third-order valence-corrected chi connectivity index (χ3v) is 2.42. The van der Waals surface area contributed by atoms with E-state index in [1.807, 2.05) is 0 Å². The van der Waals surface area contributed by atoms with E-state index in [4.69, 9.17) is 4.74 Å². The van der Waals surface area contributed by atoms with Crippen LogP contribution in [0.25, 0.3) is 6.08 Å². The molecule has 2 rings (SSSR count). The fourth-order valence-corrected chi connectivity index (χ4v) is 1.46. The Labute approximate surface area is 118 Å². The smallest absolute Gasteiger partial charge is 0.287 e. The van der Waals surface area contributed by atoms with Crippen molar-refractivity contribution in [2.75, 3.05) is 0 Å². The molecule has 0 bridgehead atoms. The minimum atomic E-state index is -0.550. The van der Waals surface area contributed by atoms with Crippen LogP contribution in [0.3, 0.4) is 0 Å². The van der Waals surface area contributed by atoms with Crippen molar-refractivity contribution in [2.24, 2.45) is 0 Å². The predicted octanol–water partition coefficient (Wildman–Crippen LogP) is 3.03. The van der Waals surface area contributed by atoms with E-state index in [1.54, 1.807) is 24.3 Å². The number of hydrogen-bond donors (Lipinski definition) is 0. The second-order valence-electron chi connectivity index (χ2n) is 3.88. The average molecular weight is 287 g/mol. The zero-order valence-electron chi connectivity index (χ0n) is 10.6. The molecule has 0 aliphatic carbocycles. The lowest BCUT2D eigenvalue weighted by atomic mass is 10.2. The lowest BCUT2D eigenvalue weighted by Crippen LogP contribution is -1.91. The van der Waals surface area contributed by atoms with Crippen LogP contribution in [0.5, 0.6) is 11.6 Å². The highest BCUT2D eigenvalue weighted by atomic mass is 16.6. The predicted molar refractivity (Wildman–Crippen MR) is 73.4 cm³/mol. The third kappa shape index (κ3) is 4.10. The van der Waals surface area contributed by atoms with Gasteiger partial charge in [-0.1, -0.05) is 12.1 Å². The summed E-state index contributed by atoms with van der Waals surface area (Å²) in [6.07, 6.45) is 3.30. The summed E-state index contributed by atoms with van der Waals surface area (Å²) < 4.78 is 5.40. The standard InChI is InChI=1S/C13H9N3O5/c17-15(18)8-7-10-1-4-12(5-2-10)21-13-6-3-11(9-14-13)16(19)20/h1-9H/b8-7+. The Morgan fingerprint density at radius 2 is 1.76 bits per heavy atom. The number of ether oxygens (including phenoxy) is 1. The lowest BCUT2D eigenvalue weighted by Gasteiger charge is -2.04. The maximum atomic E-state index is 10.5. The highest BCUT2D eigenvalue weighted by Crippen LogP contribution is 2.21. The Morgan fingerprint density at radius 1 is 1.05 bits per heavy atom. The molecule has 0 spiro atoms. The summed E-state index contributed by atoms with van der Waals surface area (Å²) >= 11 is 0. The summed E-state index contributed by atoms with van der Waals surface area (Å²) in [5.41, 5.74) is 0.526. The van der Waals surface area contributed by atoms with E-state index in [-0.39, 0.29) is 11.6 Å². The van der Waals surface area contributed by atoms with Crippen LogP contribution in [-0.4, -0.2) is 14.8 Å². The van der Waals surface area contributed by atoms with Crippen molar-refractivity contribution in [2.45, 2.75) is 0 Å². The zero-order chi connectivity index (χ0) is 15.2. The molecule has 0 aliphatic rings. The van der Waals surface area contributed by atoms with Crippen molar-refractivity contribution in [3.05, 3.63) is 74.6 Å². The van der Waals surface area contributed by atoms with Gasteiger partial charge in [-0.3, -0.25) is 20.2 Å². The molecule has 0 unspecified atom stereocenters. The van der Waals surface area contributed by atoms with Gasteiger partial charge >= 0.3 is 0 Å². The van der Waals surface area contributed by atoms with Gasteiger partial charge in [0.05, 0.1) is 9.85 Å².